The number of aromatic nitrogens is 1. The van der Waals surface area contributed by atoms with E-state index in [1.165, 1.54) is 25.6 Å². The third-order valence-electron chi connectivity index (χ3n) is 5.94. The minimum absolute atomic E-state index is 0.115. The van der Waals surface area contributed by atoms with Gasteiger partial charge in [0.05, 0.1) is 17.9 Å². The van der Waals surface area contributed by atoms with Crippen LogP contribution in [0.2, 0.25) is 0 Å². The average molecular weight is 391 g/mol. The van der Waals surface area contributed by atoms with Gasteiger partial charge in [0.1, 0.15) is 0 Å². The Hall–Kier alpha value is -1.86. The number of aryl methyl sites for hydroxylation is 1. The number of benzene rings is 1. The van der Waals surface area contributed by atoms with Crippen molar-refractivity contribution in [3.05, 3.63) is 30.0 Å². The van der Waals surface area contributed by atoms with E-state index in [2.05, 4.69) is 15.4 Å². The molecule has 0 aliphatic heterocycles. The summed E-state index contributed by atoms with van der Waals surface area (Å²) in [4.78, 5) is 11.9. The molecule has 0 amide bonds. The minimum Gasteiger partial charge on any atom is -0.469 e. The first-order valence-electron chi connectivity index (χ1n) is 9.58. The SMILES string of the molecule is COC(=O)C1CCC(NS(=O)(=O)c2ccc3cc(C4CC4)n(C)c3c2)CC1. The molecule has 0 radical (unpaired) electrons. The molecule has 6 nitrogen and oxygen atoms in total. The summed E-state index contributed by atoms with van der Waals surface area (Å²) < 4.78 is 35.5. The van der Waals surface area contributed by atoms with Gasteiger partial charge in [0.2, 0.25) is 10.0 Å². The lowest BCUT2D eigenvalue weighted by molar-refractivity contribution is -0.146. The molecule has 0 bridgehead atoms. The molecule has 7 heteroatoms. The van der Waals surface area contributed by atoms with Crippen LogP contribution in [0.3, 0.4) is 0 Å². The van der Waals surface area contributed by atoms with Crippen molar-refractivity contribution in [1.82, 2.24) is 9.29 Å². The van der Waals surface area contributed by atoms with E-state index >= 15 is 0 Å². The minimum atomic E-state index is -3.59. The van der Waals surface area contributed by atoms with Crippen molar-refractivity contribution in [2.45, 2.75) is 55.4 Å². The van der Waals surface area contributed by atoms with E-state index in [-0.39, 0.29) is 17.9 Å². The number of ether oxygens (including phenoxy) is 1. The molecule has 0 saturated heterocycles. The van der Waals surface area contributed by atoms with Gasteiger partial charge in [0.25, 0.3) is 0 Å². The number of nitrogens with zero attached hydrogens (tertiary/aromatic N) is 1. The molecular weight excluding hydrogens is 364 g/mol. The molecule has 2 aromatic rings. The molecule has 27 heavy (non-hydrogen) atoms. The van der Waals surface area contributed by atoms with Gasteiger partial charge in [-0.15, -0.1) is 0 Å². The largest absolute Gasteiger partial charge is 0.469 e. The number of rotatable bonds is 5. The maximum Gasteiger partial charge on any atom is 0.308 e. The Morgan fingerprint density at radius 3 is 2.44 bits per heavy atom. The van der Waals surface area contributed by atoms with E-state index in [1.807, 2.05) is 13.1 Å². The normalized spacial score (nSPS) is 23.5. The zero-order valence-electron chi connectivity index (χ0n) is 15.8. The fourth-order valence-electron chi connectivity index (χ4n) is 4.17. The summed E-state index contributed by atoms with van der Waals surface area (Å²) in [5, 5.41) is 1.08. The summed E-state index contributed by atoms with van der Waals surface area (Å²) in [5.74, 6) is 0.304. The first kappa shape index (κ1) is 18.5. The number of sulfonamides is 1. The molecule has 2 aliphatic rings. The standard InChI is InChI=1S/C20H26N2O4S/c1-22-18(13-3-4-13)11-15-7-10-17(12-19(15)22)27(24,25)21-16-8-5-14(6-9-16)20(23)26-2/h7,10-14,16,21H,3-6,8-9H2,1-2H3. The lowest BCUT2D eigenvalue weighted by Gasteiger charge is -2.27. The number of carbonyl (C=O) groups excluding carboxylic acids is 1. The third kappa shape index (κ3) is 3.62. The lowest BCUT2D eigenvalue weighted by Crippen LogP contribution is -2.38. The van der Waals surface area contributed by atoms with Gasteiger partial charge in [-0.05, 0) is 68.0 Å². The Labute approximate surface area is 159 Å². The Bertz CT molecular complexity index is 967. The van der Waals surface area contributed by atoms with Crippen LogP contribution in [0.25, 0.3) is 10.9 Å². The molecule has 1 heterocycles. The van der Waals surface area contributed by atoms with Gasteiger partial charge in [-0.25, -0.2) is 13.1 Å². The molecule has 146 valence electrons. The number of nitrogens with one attached hydrogen (secondary N) is 1. The highest BCUT2D eigenvalue weighted by Gasteiger charge is 2.30. The molecule has 0 unspecified atom stereocenters. The molecular formula is C20H26N2O4S. The first-order valence-corrected chi connectivity index (χ1v) is 11.1. The lowest BCUT2D eigenvalue weighted by atomic mass is 9.86. The average Bonchev–Trinajstić information content (AvgIpc) is 3.45. The molecule has 1 aromatic carbocycles. The molecule has 1 N–H and O–H groups in total. The van der Waals surface area contributed by atoms with Crippen molar-refractivity contribution in [1.29, 1.82) is 0 Å². The zero-order chi connectivity index (χ0) is 19.2. The number of hydrogen-bond acceptors (Lipinski definition) is 4. The summed E-state index contributed by atoms with van der Waals surface area (Å²) in [6, 6.07) is 7.38. The predicted octanol–water partition coefficient (Wildman–Crippen LogP) is 3.07. The molecule has 4 rings (SSSR count). The summed E-state index contributed by atoms with van der Waals surface area (Å²) in [7, 11) is -0.184. The van der Waals surface area contributed by atoms with Crippen LogP contribution in [0.4, 0.5) is 0 Å². The number of fused-ring (bicyclic) bond motifs is 1. The zero-order valence-corrected chi connectivity index (χ0v) is 16.6. The smallest absolute Gasteiger partial charge is 0.308 e. The van der Waals surface area contributed by atoms with Gasteiger partial charge in [0, 0.05) is 24.3 Å². The van der Waals surface area contributed by atoms with Crippen molar-refractivity contribution < 1.29 is 17.9 Å². The van der Waals surface area contributed by atoms with Crippen molar-refractivity contribution >= 4 is 26.9 Å². The topological polar surface area (TPSA) is 77.4 Å². The van der Waals surface area contributed by atoms with Crippen molar-refractivity contribution in [3.63, 3.8) is 0 Å². The molecule has 0 spiro atoms. The van der Waals surface area contributed by atoms with Crippen LogP contribution in [0, 0.1) is 5.92 Å². The second-order valence-electron chi connectivity index (χ2n) is 7.82. The highest BCUT2D eigenvalue weighted by atomic mass is 32.2. The van der Waals surface area contributed by atoms with Gasteiger partial charge < -0.3 is 9.30 Å². The highest BCUT2D eigenvalue weighted by Crippen LogP contribution is 2.42. The number of esters is 1. The number of hydrogen-bond donors (Lipinski definition) is 1. The van der Waals surface area contributed by atoms with Gasteiger partial charge in [-0.2, -0.15) is 0 Å². The van der Waals surface area contributed by atoms with Gasteiger partial charge in [-0.3, -0.25) is 4.79 Å². The summed E-state index contributed by atoms with van der Waals surface area (Å²) in [6.07, 6.45) is 5.04. The quantitative estimate of drug-likeness (QED) is 0.796. The third-order valence-corrected chi connectivity index (χ3v) is 7.46. The molecule has 2 aliphatic carbocycles. The van der Waals surface area contributed by atoms with Crippen LogP contribution >= 0.6 is 0 Å². The van der Waals surface area contributed by atoms with Crippen LogP contribution < -0.4 is 4.72 Å². The fourth-order valence-corrected chi connectivity index (χ4v) is 5.49. The predicted molar refractivity (Wildman–Crippen MR) is 103 cm³/mol. The van der Waals surface area contributed by atoms with Crippen LogP contribution in [0.5, 0.6) is 0 Å². The Kier molecular flexibility index (Phi) is 4.76. The maximum absolute atomic E-state index is 12.9. The second-order valence-corrected chi connectivity index (χ2v) is 9.53. The highest BCUT2D eigenvalue weighted by molar-refractivity contribution is 7.89. The number of methoxy groups -OCH3 is 1. The van der Waals surface area contributed by atoms with E-state index < -0.39 is 10.0 Å². The van der Waals surface area contributed by atoms with Crippen LogP contribution in [-0.4, -0.2) is 32.1 Å². The molecule has 2 fully saturated rings. The summed E-state index contributed by atoms with van der Waals surface area (Å²) >= 11 is 0. The Morgan fingerprint density at radius 2 is 1.81 bits per heavy atom. The first-order chi connectivity index (χ1) is 12.9. The fraction of sp³-hybridized carbons (Fsp3) is 0.550. The van der Waals surface area contributed by atoms with Crippen molar-refractivity contribution in [2.75, 3.05) is 7.11 Å². The van der Waals surface area contributed by atoms with Crippen LogP contribution in [0.15, 0.2) is 29.2 Å². The van der Waals surface area contributed by atoms with Gasteiger partial charge in [0.15, 0.2) is 0 Å². The Balaban J connectivity index is 1.50. The van der Waals surface area contributed by atoms with E-state index in [0.717, 1.165) is 10.9 Å². The summed E-state index contributed by atoms with van der Waals surface area (Å²) in [6.45, 7) is 0. The maximum atomic E-state index is 12.9. The van der Waals surface area contributed by atoms with Crippen molar-refractivity contribution in [2.24, 2.45) is 13.0 Å². The van der Waals surface area contributed by atoms with E-state index in [0.29, 0.717) is 36.5 Å². The van der Waals surface area contributed by atoms with E-state index in [9.17, 15) is 13.2 Å². The second kappa shape index (κ2) is 6.95. The van der Waals surface area contributed by atoms with Gasteiger partial charge >= 0.3 is 5.97 Å². The Morgan fingerprint density at radius 1 is 1.11 bits per heavy atom. The van der Waals surface area contributed by atoms with Crippen LogP contribution in [-0.2, 0) is 26.6 Å². The van der Waals surface area contributed by atoms with E-state index in [1.54, 1.807) is 12.1 Å². The molecule has 2 saturated carbocycles. The molecule has 1 aromatic heterocycles. The van der Waals surface area contributed by atoms with Gasteiger partial charge in [-0.1, -0.05) is 6.07 Å². The van der Waals surface area contributed by atoms with Crippen LogP contribution in [0.1, 0.15) is 50.1 Å². The van der Waals surface area contributed by atoms with E-state index in [4.69, 9.17) is 4.74 Å². The monoisotopic (exact) mass is 390 g/mol. The summed E-state index contributed by atoms with van der Waals surface area (Å²) in [5.41, 5.74) is 2.24. The molecule has 0 atom stereocenters. The van der Waals surface area contributed by atoms with Crippen molar-refractivity contribution in [3.8, 4) is 0 Å². The number of carbonyl (C=O) groups is 1.